The summed E-state index contributed by atoms with van der Waals surface area (Å²) in [6.07, 6.45) is 2.88. The smallest absolute Gasteiger partial charge is 0.310 e. The Morgan fingerprint density at radius 1 is 1.63 bits per heavy atom. The zero-order valence-corrected chi connectivity index (χ0v) is 11.7. The number of carboxylic acids is 1. The molecule has 0 aliphatic carbocycles. The summed E-state index contributed by atoms with van der Waals surface area (Å²) in [6, 6.07) is -0.0672. The predicted octanol–water partition coefficient (Wildman–Crippen LogP) is 0.514. The molecule has 0 saturated carbocycles. The second kappa shape index (κ2) is 5.71. The molecule has 1 aliphatic heterocycles. The summed E-state index contributed by atoms with van der Waals surface area (Å²) in [5, 5.41) is 13.6. The summed E-state index contributed by atoms with van der Waals surface area (Å²) < 4.78 is 7.12. The Bertz CT molecular complexity index is 458. The number of aromatic nitrogens is 2. The average Bonchev–Trinajstić information content (AvgIpc) is 2.95. The molecule has 6 nitrogen and oxygen atoms in total. The van der Waals surface area contributed by atoms with Crippen LogP contribution in [0, 0.1) is 5.92 Å². The first-order valence-electron chi connectivity index (χ1n) is 6.55. The van der Waals surface area contributed by atoms with Crippen LogP contribution in [0.1, 0.15) is 18.2 Å². The Hall–Kier alpha value is -1.40. The van der Waals surface area contributed by atoms with Crippen molar-refractivity contribution in [2.24, 2.45) is 13.0 Å². The third-order valence-corrected chi connectivity index (χ3v) is 3.68. The number of hydrogen-bond donors (Lipinski definition) is 1. The van der Waals surface area contributed by atoms with Crippen LogP contribution < -0.4 is 0 Å². The van der Waals surface area contributed by atoms with Gasteiger partial charge in [0.1, 0.15) is 0 Å². The maximum absolute atomic E-state index is 11.2. The van der Waals surface area contributed by atoms with Gasteiger partial charge in [0.15, 0.2) is 0 Å². The quantitative estimate of drug-likeness (QED) is 0.842. The molecule has 1 fully saturated rings. The van der Waals surface area contributed by atoms with Crippen molar-refractivity contribution in [2.75, 3.05) is 20.3 Å². The first kappa shape index (κ1) is 14.0. The Balaban J connectivity index is 2.07. The van der Waals surface area contributed by atoms with Gasteiger partial charge in [0.05, 0.1) is 24.8 Å². The van der Waals surface area contributed by atoms with Crippen LogP contribution >= 0.6 is 0 Å². The van der Waals surface area contributed by atoms with Crippen molar-refractivity contribution in [3.8, 4) is 0 Å². The second-order valence-corrected chi connectivity index (χ2v) is 5.09. The maximum atomic E-state index is 11.2. The highest BCUT2D eigenvalue weighted by Gasteiger charge is 2.36. The van der Waals surface area contributed by atoms with E-state index in [9.17, 15) is 9.90 Å². The molecule has 1 aromatic rings. The summed E-state index contributed by atoms with van der Waals surface area (Å²) in [5.74, 6) is -1.22. The molecule has 0 spiro atoms. The van der Waals surface area contributed by atoms with Crippen LogP contribution in [0.4, 0.5) is 0 Å². The van der Waals surface area contributed by atoms with Gasteiger partial charge in [-0.1, -0.05) is 6.92 Å². The zero-order chi connectivity index (χ0) is 14.0. The van der Waals surface area contributed by atoms with Gasteiger partial charge in [-0.25, -0.2) is 0 Å². The third-order valence-electron chi connectivity index (χ3n) is 3.68. The molecule has 0 aromatic carbocycles. The second-order valence-electron chi connectivity index (χ2n) is 5.09. The molecule has 6 heteroatoms. The summed E-state index contributed by atoms with van der Waals surface area (Å²) in [6.45, 7) is 3.56. The lowest BCUT2D eigenvalue weighted by atomic mass is 10.0. The fourth-order valence-corrected chi connectivity index (χ4v) is 2.61. The van der Waals surface area contributed by atoms with E-state index in [4.69, 9.17) is 4.74 Å². The lowest BCUT2D eigenvalue weighted by molar-refractivity contribution is -0.143. The average molecular weight is 267 g/mol. The highest BCUT2D eigenvalue weighted by atomic mass is 16.5. The van der Waals surface area contributed by atoms with Crippen LogP contribution in [0.15, 0.2) is 6.20 Å². The van der Waals surface area contributed by atoms with Crippen LogP contribution in [0.3, 0.4) is 0 Å². The molecule has 0 radical (unpaired) electrons. The minimum Gasteiger partial charge on any atom is -0.481 e. The maximum Gasteiger partial charge on any atom is 0.310 e. The van der Waals surface area contributed by atoms with E-state index in [1.165, 1.54) is 0 Å². The number of rotatable bonds is 5. The Morgan fingerprint density at radius 3 is 3.00 bits per heavy atom. The Morgan fingerprint density at radius 2 is 2.37 bits per heavy atom. The normalized spacial score (nSPS) is 23.2. The number of likely N-dealkylation sites (N-methyl/N-ethyl adjacent to an activating group) is 1. The Kier molecular flexibility index (Phi) is 4.21. The fraction of sp³-hybridized carbons (Fsp3) is 0.692. The summed E-state index contributed by atoms with van der Waals surface area (Å²) in [7, 11) is 3.85. The van der Waals surface area contributed by atoms with Gasteiger partial charge in [0.2, 0.25) is 0 Å². The van der Waals surface area contributed by atoms with E-state index in [-0.39, 0.29) is 6.04 Å². The van der Waals surface area contributed by atoms with Crippen molar-refractivity contribution in [3.05, 3.63) is 17.5 Å². The van der Waals surface area contributed by atoms with Crippen LogP contribution in [-0.4, -0.2) is 52.1 Å². The number of aryl methyl sites for hydroxylation is 2. The first-order chi connectivity index (χ1) is 9.02. The lowest BCUT2D eigenvalue weighted by Crippen LogP contribution is -2.40. The molecule has 2 heterocycles. The van der Waals surface area contributed by atoms with Crippen LogP contribution in [0.25, 0.3) is 0 Å². The molecule has 2 rings (SSSR count). The van der Waals surface area contributed by atoms with E-state index in [1.807, 2.05) is 25.0 Å². The molecule has 1 aliphatic rings. The van der Waals surface area contributed by atoms with Crippen molar-refractivity contribution < 1.29 is 14.6 Å². The monoisotopic (exact) mass is 267 g/mol. The van der Waals surface area contributed by atoms with Crippen LogP contribution in [-0.2, 0) is 29.5 Å². The van der Waals surface area contributed by atoms with Gasteiger partial charge in [-0.2, -0.15) is 5.10 Å². The fourth-order valence-electron chi connectivity index (χ4n) is 2.61. The van der Waals surface area contributed by atoms with Gasteiger partial charge in [-0.05, 0) is 13.5 Å². The number of aliphatic carboxylic acids is 1. The number of carboxylic acid groups (broad SMARTS) is 1. The van der Waals surface area contributed by atoms with Crippen molar-refractivity contribution >= 4 is 5.97 Å². The molecule has 0 bridgehead atoms. The van der Waals surface area contributed by atoms with E-state index in [0.29, 0.717) is 19.8 Å². The van der Waals surface area contributed by atoms with Gasteiger partial charge < -0.3 is 9.84 Å². The predicted molar refractivity (Wildman–Crippen MR) is 69.8 cm³/mol. The molecular formula is C13H21N3O3. The van der Waals surface area contributed by atoms with Crippen molar-refractivity contribution in [2.45, 2.75) is 25.9 Å². The highest BCUT2D eigenvalue weighted by molar-refractivity contribution is 5.71. The van der Waals surface area contributed by atoms with Gasteiger partial charge in [-0.15, -0.1) is 0 Å². The van der Waals surface area contributed by atoms with E-state index in [1.54, 1.807) is 0 Å². The van der Waals surface area contributed by atoms with E-state index < -0.39 is 11.9 Å². The molecule has 19 heavy (non-hydrogen) atoms. The highest BCUT2D eigenvalue weighted by Crippen LogP contribution is 2.21. The Labute approximate surface area is 113 Å². The summed E-state index contributed by atoms with van der Waals surface area (Å²) >= 11 is 0. The van der Waals surface area contributed by atoms with E-state index >= 15 is 0 Å². The number of nitrogens with zero attached hydrogens (tertiary/aromatic N) is 3. The molecular weight excluding hydrogens is 246 g/mol. The third kappa shape index (κ3) is 2.96. The summed E-state index contributed by atoms with van der Waals surface area (Å²) in [5.41, 5.74) is 2.23. The minimum absolute atomic E-state index is 0.0672. The lowest BCUT2D eigenvalue weighted by Gasteiger charge is -2.25. The van der Waals surface area contributed by atoms with Crippen LogP contribution in [0.2, 0.25) is 0 Å². The molecule has 2 atom stereocenters. The number of carbonyl (C=O) groups is 1. The molecule has 1 saturated heterocycles. The summed E-state index contributed by atoms with van der Waals surface area (Å²) in [4.78, 5) is 13.2. The standard InChI is InChI=1S/C13H21N3O3/c1-4-11-9(6-16(3)14-11)5-15(2)12-8-19-7-10(12)13(17)18/h6,10,12H,4-5,7-8H2,1-3H3,(H,17,18). The zero-order valence-electron chi connectivity index (χ0n) is 11.7. The van der Waals surface area contributed by atoms with E-state index in [0.717, 1.165) is 17.7 Å². The molecule has 1 N–H and O–H groups in total. The van der Waals surface area contributed by atoms with Crippen molar-refractivity contribution in [1.29, 1.82) is 0 Å². The van der Waals surface area contributed by atoms with Crippen molar-refractivity contribution in [1.82, 2.24) is 14.7 Å². The van der Waals surface area contributed by atoms with Crippen molar-refractivity contribution in [3.63, 3.8) is 0 Å². The molecule has 0 amide bonds. The van der Waals surface area contributed by atoms with Gasteiger partial charge in [0, 0.05) is 31.4 Å². The first-order valence-corrected chi connectivity index (χ1v) is 6.55. The van der Waals surface area contributed by atoms with Gasteiger partial charge in [-0.3, -0.25) is 14.4 Å². The molecule has 1 aromatic heterocycles. The largest absolute Gasteiger partial charge is 0.481 e. The van der Waals surface area contributed by atoms with Crippen LogP contribution in [0.5, 0.6) is 0 Å². The van der Waals surface area contributed by atoms with Gasteiger partial charge >= 0.3 is 5.97 Å². The SMILES string of the molecule is CCc1nn(C)cc1CN(C)C1COCC1C(=O)O. The topological polar surface area (TPSA) is 67.6 Å². The number of hydrogen-bond acceptors (Lipinski definition) is 4. The van der Waals surface area contributed by atoms with Gasteiger partial charge in [0.25, 0.3) is 0 Å². The molecule has 106 valence electrons. The minimum atomic E-state index is -0.781. The number of ether oxygens (including phenoxy) is 1. The van der Waals surface area contributed by atoms with E-state index in [2.05, 4.69) is 16.9 Å². The molecule has 2 unspecified atom stereocenters.